The number of carbonyl (C=O) groups is 2. The number of amides is 1. The molecule has 1 aliphatic heterocycles. The van der Waals surface area contributed by atoms with Crippen LogP contribution in [-0.4, -0.2) is 24.6 Å². The van der Waals surface area contributed by atoms with Gasteiger partial charge in [-0.15, -0.1) is 0 Å². The van der Waals surface area contributed by atoms with E-state index in [4.69, 9.17) is 4.74 Å². The molecule has 0 aliphatic carbocycles. The van der Waals surface area contributed by atoms with Crippen LogP contribution in [0.25, 0.3) is 0 Å². The molecule has 0 fully saturated rings. The highest BCUT2D eigenvalue weighted by Gasteiger charge is 2.29. The second kappa shape index (κ2) is 8.56. The second-order valence-corrected chi connectivity index (χ2v) is 7.00. The van der Waals surface area contributed by atoms with Crippen LogP contribution in [0.1, 0.15) is 28.3 Å². The van der Waals surface area contributed by atoms with Crippen LogP contribution in [0.4, 0.5) is 0 Å². The Hall–Kier alpha value is -3.04. The normalized spacial score (nSPS) is 16.4. The van der Waals surface area contributed by atoms with Gasteiger partial charge in [-0.1, -0.05) is 54.2 Å². The average Bonchev–Trinajstić information content (AvgIpc) is 2.72. The fraction of sp³-hybridized carbons (Fsp3) is 0.190. The molecule has 0 spiro atoms. The number of methoxy groups -OCH3 is 1. The number of Topliss-reactive ketones (excluding diaryl/α,β-unsaturated/α-hetero) is 1. The summed E-state index contributed by atoms with van der Waals surface area (Å²) in [6, 6.07) is 18.5. The maximum absolute atomic E-state index is 12.3. The summed E-state index contributed by atoms with van der Waals surface area (Å²) in [4.78, 5) is 24.5. The Balaban J connectivity index is 1.82. The lowest BCUT2D eigenvalue weighted by molar-refractivity contribution is -0.120. The maximum atomic E-state index is 12.3. The van der Waals surface area contributed by atoms with Crippen LogP contribution in [-0.2, 0) is 4.79 Å². The Kier molecular flexibility index (Phi) is 5.94. The van der Waals surface area contributed by atoms with Crippen LogP contribution in [0.5, 0.6) is 5.75 Å². The van der Waals surface area contributed by atoms with Crippen molar-refractivity contribution in [2.75, 3.05) is 12.9 Å². The molecule has 0 bridgehead atoms. The molecule has 5 nitrogen and oxygen atoms in total. The van der Waals surface area contributed by atoms with Gasteiger partial charge in [-0.05, 0) is 17.7 Å². The van der Waals surface area contributed by atoms with Gasteiger partial charge in [-0.25, -0.2) is 0 Å². The monoisotopic (exact) mass is 378 g/mol. The third kappa shape index (κ3) is 4.39. The van der Waals surface area contributed by atoms with Crippen LogP contribution < -0.4 is 10.1 Å². The van der Waals surface area contributed by atoms with E-state index in [-0.39, 0.29) is 29.8 Å². The third-order valence-corrected chi connectivity index (χ3v) is 5.33. The SMILES string of the molecule is COc1ccc(C2CC(=O)NC(SCC(=O)c3ccccc3)=C2C#N)cc1. The number of ether oxygens (including phenoxy) is 1. The van der Waals surface area contributed by atoms with E-state index in [1.54, 1.807) is 31.4 Å². The number of carbonyl (C=O) groups excluding carboxylic acids is 2. The summed E-state index contributed by atoms with van der Waals surface area (Å²) in [7, 11) is 1.59. The van der Waals surface area contributed by atoms with E-state index < -0.39 is 0 Å². The molecule has 2 aromatic carbocycles. The van der Waals surface area contributed by atoms with Crippen molar-refractivity contribution in [1.82, 2.24) is 5.32 Å². The molecule has 0 aromatic heterocycles. The minimum atomic E-state index is -0.330. The first-order valence-electron chi connectivity index (χ1n) is 8.41. The number of nitriles is 1. The number of allylic oxidation sites excluding steroid dienone is 1. The largest absolute Gasteiger partial charge is 0.497 e. The Morgan fingerprint density at radius 3 is 2.56 bits per heavy atom. The van der Waals surface area contributed by atoms with Crippen molar-refractivity contribution in [3.63, 3.8) is 0 Å². The number of hydrogen-bond donors (Lipinski definition) is 1. The molecule has 6 heteroatoms. The molecule has 0 saturated carbocycles. The van der Waals surface area contributed by atoms with Gasteiger partial charge < -0.3 is 10.1 Å². The molecule has 1 amide bonds. The lowest BCUT2D eigenvalue weighted by Crippen LogP contribution is -2.31. The molecule has 1 aliphatic rings. The van der Waals surface area contributed by atoms with Crippen LogP contribution in [0.2, 0.25) is 0 Å². The molecule has 136 valence electrons. The predicted octanol–water partition coefficient (Wildman–Crippen LogP) is 3.65. The Bertz CT molecular complexity index is 915. The average molecular weight is 378 g/mol. The third-order valence-electron chi connectivity index (χ3n) is 4.32. The van der Waals surface area contributed by atoms with Crippen molar-refractivity contribution in [3.8, 4) is 11.8 Å². The van der Waals surface area contributed by atoms with E-state index in [2.05, 4.69) is 11.4 Å². The van der Waals surface area contributed by atoms with Gasteiger partial charge in [0, 0.05) is 17.9 Å². The highest BCUT2D eigenvalue weighted by molar-refractivity contribution is 8.03. The summed E-state index contributed by atoms with van der Waals surface area (Å²) in [5.74, 6) is 0.323. The van der Waals surface area contributed by atoms with Crippen molar-refractivity contribution in [3.05, 3.63) is 76.3 Å². The van der Waals surface area contributed by atoms with Gasteiger partial charge in [-0.2, -0.15) is 5.26 Å². The van der Waals surface area contributed by atoms with Crippen molar-refractivity contribution in [1.29, 1.82) is 5.26 Å². The van der Waals surface area contributed by atoms with Gasteiger partial charge in [0.05, 0.1) is 29.5 Å². The predicted molar refractivity (Wildman–Crippen MR) is 104 cm³/mol. The molecule has 1 atom stereocenters. The van der Waals surface area contributed by atoms with Gasteiger partial charge in [0.25, 0.3) is 0 Å². The fourth-order valence-electron chi connectivity index (χ4n) is 2.90. The van der Waals surface area contributed by atoms with Crippen LogP contribution in [0, 0.1) is 11.3 Å². The molecular formula is C21H18N2O3S. The number of nitrogens with one attached hydrogen (secondary N) is 1. The van der Waals surface area contributed by atoms with Gasteiger partial charge in [-0.3, -0.25) is 9.59 Å². The maximum Gasteiger partial charge on any atom is 0.225 e. The smallest absolute Gasteiger partial charge is 0.225 e. The number of rotatable bonds is 6. The minimum absolute atomic E-state index is 0.0498. The zero-order valence-corrected chi connectivity index (χ0v) is 15.6. The zero-order chi connectivity index (χ0) is 19.2. The molecule has 1 heterocycles. The van der Waals surface area contributed by atoms with E-state index in [9.17, 15) is 14.9 Å². The summed E-state index contributed by atoms with van der Waals surface area (Å²) in [6.07, 6.45) is 0.200. The molecule has 1 unspecified atom stereocenters. The molecule has 27 heavy (non-hydrogen) atoms. The Morgan fingerprint density at radius 1 is 1.22 bits per heavy atom. The van der Waals surface area contributed by atoms with E-state index in [1.165, 1.54) is 11.8 Å². The topological polar surface area (TPSA) is 79.2 Å². The summed E-state index contributed by atoms with van der Waals surface area (Å²) in [5.41, 5.74) is 1.96. The quantitative estimate of drug-likeness (QED) is 0.776. The molecule has 3 rings (SSSR count). The van der Waals surface area contributed by atoms with E-state index in [0.29, 0.717) is 21.9 Å². The van der Waals surface area contributed by atoms with Crippen molar-refractivity contribution < 1.29 is 14.3 Å². The first kappa shape index (κ1) is 18.7. The van der Waals surface area contributed by atoms with Crippen molar-refractivity contribution in [2.45, 2.75) is 12.3 Å². The summed E-state index contributed by atoms with van der Waals surface area (Å²) < 4.78 is 5.16. The summed E-state index contributed by atoms with van der Waals surface area (Å²) in [5, 5.41) is 12.9. The molecule has 2 aromatic rings. The summed E-state index contributed by atoms with van der Waals surface area (Å²) in [6.45, 7) is 0. The lowest BCUT2D eigenvalue weighted by atomic mass is 9.87. The van der Waals surface area contributed by atoms with Crippen LogP contribution >= 0.6 is 11.8 Å². The second-order valence-electron chi connectivity index (χ2n) is 6.01. The van der Waals surface area contributed by atoms with Crippen molar-refractivity contribution in [2.24, 2.45) is 0 Å². The van der Waals surface area contributed by atoms with Gasteiger partial charge in [0.1, 0.15) is 5.75 Å². The molecule has 1 N–H and O–H groups in total. The highest BCUT2D eigenvalue weighted by atomic mass is 32.2. The zero-order valence-electron chi connectivity index (χ0n) is 14.8. The summed E-state index contributed by atoms with van der Waals surface area (Å²) >= 11 is 1.19. The lowest BCUT2D eigenvalue weighted by Gasteiger charge is -2.25. The van der Waals surface area contributed by atoms with Crippen LogP contribution in [0.15, 0.2) is 65.2 Å². The Labute approximate surface area is 162 Å². The number of benzene rings is 2. The number of ketones is 1. The molecule has 0 radical (unpaired) electrons. The van der Waals surface area contributed by atoms with Gasteiger partial charge in [0.2, 0.25) is 5.91 Å². The Morgan fingerprint density at radius 2 is 1.93 bits per heavy atom. The van der Waals surface area contributed by atoms with E-state index in [1.807, 2.05) is 30.3 Å². The fourth-order valence-corrected chi connectivity index (χ4v) is 3.87. The number of thioether (sulfide) groups is 1. The van der Waals surface area contributed by atoms with Crippen LogP contribution in [0.3, 0.4) is 0 Å². The van der Waals surface area contributed by atoms with E-state index in [0.717, 1.165) is 5.56 Å². The first-order chi connectivity index (χ1) is 13.1. The number of hydrogen-bond acceptors (Lipinski definition) is 5. The number of nitrogens with zero attached hydrogens (tertiary/aromatic N) is 1. The van der Waals surface area contributed by atoms with Gasteiger partial charge >= 0.3 is 0 Å². The van der Waals surface area contributed by atoms with E-state index >= 15 is 0 Å². The molecular weight excluding hydrogens is 360 g/mol. The first-order valence-corrected chi connectivity index (χ1v) is 9.40. The molecule has 0 saturated heterocycles. The minimum Gasteiger partial charge on any atom is -0.497 e. The highest BCUT2D eigenvalue weighted by Crippen LogP contribution is 2.36. The standard InChI is InChI=1S/C21H18N2O3S/c1-26-16-9-7-14(8-10-16)17-11-20(25)23-21(18(17)12-22)27-13-19(24)15-5-3-2-4-6-15/h2-10,17H,11,13H2,1H3,(H,23,25). The van der Waals surface area contributed by atoms with Crippen molar-refractivity contribution >= 4 is 23.5 Å². The van der Waals surface area contributed by atoms with Gasteiger partial charge in [0.15, 0.2) is 5.78 Å².